The molecule has 0 aromatic heterocycles. The minimum Gasteiger partial charge on any atom is -0.378 e. The van der Waals surface area contributed by atoms with E-state index in [1.165, 1.54) is 32.2 Å². The lowest BCUT2D eigenvalue weighted by atomic mass is 9.64. The Morgan fingerprint density at radius 3 is 2.76 bits per heavy atom. The zero-order valence-electron chi connectivity index (χ0n) is 11.6. The fourth-order valence-electron chi connectivity index (χ4n) is 3.10. The van der Waals surface area contributed by atoms with Gasteiger partial charge in [-0.05, 0) is 32.7 Å². The summed E-state index contributed by atoms with van der Waals surface area (Å²) in [5, 5.41) is 7.32. The van der Waals surface area contributed by atoms with E-state index in [4.69, 9.17) is 4.74 Å². The van der Waals surface area contributed by atoms with Crippen LogP contribution in [0.1, 0.15) is 46.5 Å². The van der Waals surface area contributed by atoms with Crippen molar-refractivity contribution in [3.8, 4) is 0 Å². The van der Waals surface area contributed by atoms with Crippen LogP contribution in [-0.4, -0.2) is 37.9 Å². The molecule has 2 rings (SSSR count). The quantitative estimate of drug-likeness (QED) is 0.770. The summed E-state index contributed by atoms with van der Waals surface area (Å²) in [5.74, 6) is 0. The molecule has 3 nitrogen and oxygen atoms in total. The highest BCUT2D eigenvalue weighted by atomic mass is 16.5. The summed E-state index contributed by atoms with van der Waals surface area (Å²) in [7, 11) is 0. The zero-order chi connectivity index (χ0) is 12.3. The first-order valence-electron chi connectivity index (χ1n) is 7.23. The van der Waals surface area contributed by atoms with Gasteiger partial charge in [0.1, 0.15) is 0 Å². The van der Waals surface area contributed by atoms with E-state index in [1.807, 2.05) is 0 Å². The Balaban J connectivity index is 1.70. The van der Waals surface area contributed by atoms with Crippen LogP contribution in [0.25, 0.3) is 0 Å². The third kappa shape index (κ3) is 3.01. The third-order valence-corrected chi connectivity index (χ3v) is 4.57. The molecule has 3 unspecified atom stereocenters. The normalized spacial score (nSPS) is 36.5. The first kappa shape index (κ1) is 13.3. The van der Waals surface area contributed by atoms with Gasteiger partial charge in [-0.2, -0.15) is 0 Å². The van der Waals surface area contributed by atoms with Crippen LogP contribution in [0.5, 0.6) is 0 Å². The maximum absolute atomic E-state index is 5.76. The molecule has 0 spiro atoms. The monoisotopic (exact) mass is 240 g/mol. The van der Waals surface area contributed by atoms with E-state index >= 15 is 0 Å². The van der Waals surface area contributed by atoms with Crippen LogP contribution in [0.15, 0.2) is 0 Å². The second kappa shape index (κ2) is 5.68. The van der Waals surface area contributed by atoms with Gasteiger partial charge in [0, 0.05) is 30.7 Å². The lowest BCUT2D eigenvalue weighted by Gasteiger charge is -2.52. The molecule has 17 heavy (non-hydrogen) atoms. The van der Waals surface area contributed by atoms with E-state index in [2.05, 4.69) is 31.4 Å². The summed E-state index contributed by atoms with van der Waals surface area (Å²) < 4.78 is 5.76. The van der Waals surface area contributed by atoms with Gasteiger partial charge in [0.25, 0.3) is 0 Å². The van der Waals surface area contributed by atoms with Gasteiger partial charge in [0.05, 0.1) is 6.10 Å². The average molecular weight is 240 g/mol. The Hall–Kier alpha value is -0.120. The maximum Gasteiger partial charge on any atom is 0.0655 e. The molecular weight excluding hydrogens is 212 g/mol. The largest absolute Gasteiger partial charge is 0.378 e. The zero-order valence-corrected chi connectivity index (χ0v) is 11.6. The predicted octanol–water partition coefficient (Wildman–Crippen LogP) is 1.92. The number of nitrogens with one attached hydrogen (secondary N) is 2. The number of hydrogen-bond donors (Lipinski definition) is 2. The Labute approximate surface area is 106 Å². The molecule has 3 atom stereocenters. The van der Waals surface area contributed by atoms with Crippen LogP contribution in [-0.2, 0) is 4.74 Å². The first-order chi connectivity index (χ1) is 8.14. The minimum atomic E-state index is 0.296. The highest BCUT2D eigenvalue weighted by Crippen LogP contribution is 2.42. The SMILES string of the molecule is CCOC1CC(NCC2CCCCN2)C1(C)C. The van der Waals surface area contributed by atoms with Crippen molar-refractivity contribution < 1.29 is 4.74 Å². The molecule has 0 aromatic rings. The summed E-state index contributed by atoms with van der Waals surface area (Å²) in [5.41, 5.74) is 0.296. The van der Waals surface area contributed by atoms with E-state index in [1.54, 1.807) is 0 Å². The fourth-order valence-corrected chi connectivity index (χ4v) is 3.10. The molecular formula is C14H28N2O. The molecule has 2 aliphatic rings. The van der Waals surface area contributed by atoms with E-state index < -0.39 is 0 Å². The van der Waals surface area contributed by atoms with Crippen molar-refractivity contribution in [3.05, 3.63) is 0 Å². The van der Waals surface area contributed by atoms with Gasteiger partial charge in [0.15, 0.2) is 0 Å². The van der Waals surface area contributed by atoms with Gasteiger partial charge >= 0.3 is 0 Å². The van der Waals surface area contributed by atoms with Gasteiger partial charge in [-0.25, -0.2) is 0 Å². The molecule has 0 bridgehead atoms. The molecule has 2 N–H and O–H groups in total. The fraction of sp³-hybridized carbons (Fsp3) is 1.00. The van der Waals surface area contributed by atoms with Crippen LogP contribution >= 0.6 is 0 Å². The lowest BCUT2D eigenvalue weighted by molar-refractivity contribution is -0.114. The van der Waals surface area contributed by atoms with Crippen molar-refractivity contribution in [2.75, 3.05) is 19.7 Å². The van der Waals surface area contributed by atoms with Gasteiger partial charge in [-0.1, -0.05) is 20.3 Å². The molecule has 1 saturated carbocycles. The number of ether oxygens (including phenoxy) is 1. The summed E-state index contributed by atoms with van der Waals surface area (Å²) in [6, 6.07) is 1.31. The minimum absolute atomic E-state index is 0.296. The summed E-state index contributed by atoms with van der Waals surface area (Å²) in [4.78, 5) is 0. The van der Waals surface area contributed by atoms with Crippen molar-refractivity contribution in [1.29, 1.82) is 0 Å². The summed E-state index contributed by atoms with van der Waals surface area (Å²) >= 11 is 0. The second-order valence-electron chi connectivity index (χ2n) is 6.11. The molecule has 1 aliphatic carbocycles. The molecule has 1 saturated heterocycles. The van der Waals surface area contributed by atoms with E-state index in [0.29, 0.717) is 23.6 Å². The van der Waals surface area contributed by atoms with Crippen LogP contribution in [0.4, 0.5) is 0 Å². The Morgan fingerprint density at radius 1 is 1.35 bits per heavy atom. The van der Waals surface area contributed by atoms with Crippen molar-refractivity contribution in [2.45, 2.75) is 64.6 Å². The highest BCUT2D eigenvalue weighted by molar-refractivity contribution is 5.03. The van der Waals surface area contributed by atoms with Crippen LogP contribution in [0.2, 0.25) is 0 Å². The molecule has 0 amide bonds. The Kier molecular flexibility index (Phi) is 4.45. The second-order valence-corrected chi connectivity index (χ2v) is 6.11. The molecule has 0 aromatic carbocycles. The Morgan fingerprint density at radius 2 is 2.18 bits per heavy atom. The number of piperidine rings is 1. The molecule has 1 heterocycles. The van der Waals surface area contributed by atoms with E-state index in [9.17, 15) is 0 Å². The molecule has 100 valence electrons. The molecule has 1 aliphatic heterocycles. The van der Waals surface area contributed by atoms with Gasteiger partial charge in [-0.15, -0.1) is 0 Å². The molecule has 3 heteroatoms. The smallest absolute Gasteiger partial charge is 0.0655 e. The summed E-state index contributed by atoms with van der Waals surface area (Å²) in [6.07, 6.45) is 5.68. The average Bonchev–Trinajstić information content (AvgIpc) is 2.34. The van der Waals surface area contributed by atoms with Crippen LogP contribution in [0, 0.1) is 5.41 Å². The maximum atomic E-state index is 5.76. The van der Waals surface area contributed by atoms with E-state index in [-0.39, 0.29) is 0 Å². The summed E-state index contributed by atoms with van der Waals surface area (Å²) in [6.45, 7) is 9.88. The Bertz CT molecular complexity index is 236. The van der Waals surface area contributed by atoms with Crippen LogP contribution in [0.3, 0.4) is 0 Å². The number of rotatable bonds is 5. The van der Waals surface area contributed by atoms with Crippen molar-refractivity contribution in [3.63, 3.8) is 0 Å². The van der Waals surface area contributed by atoms with Crippen molar-refractivity contribution in [2.24, 2.45) is 5.41 Å². The number of hydrogen-bond acceptors (Lipinski definition) is 3. The van der Waals surface area contributed by atoms with Gasteiger partial charge in [-0.3, -0.25) is 0 Å². The third-order valence-electron chi connectivity index (χ3n) is 4.57. The first-order valence-corrected chi connectivity index (χ1v) is 7.23. The van der Waals surface area contributed by atoms with Crippen molar-refractivity contribution in [1.82, 2.24) is 10.6 Å². The topological polar surface area (TPSA) is 33.3 Å². The molecule has 2 fully saturated rings. The highest BCUT2D eigenvalue weighted by Gasteiger charge is 2.48. The van der Waals surface area contributed by atoms with E-state index in [0.717, 1.165) is 13.2 Å². The van der Waals surface area contributed by atoms with Crippen LogP contribution < -0.4 is 10.6 Å². The lowest BCUT2D eigenvalue weighted by Crippen LogP contribution is -2.62. The van der Waals surface area contributed by atoms with Gasteiger partial charge in [0.2, 0.25) is 0 Å². The van der Waals surface area contributed by atoms with Gasteiger partial charge < -0.3 is 15.4 Å². The standard InChI is InChI=1S/C14H28N2O/c1-4-17-13-9-12(14(13,2)3)16-10-11-7-5-6-8-15-11/h11-13,15-16H,4-10H2,1-3H3. The van der Waals surface area contributed by atoms with Crippen molar-refractivity contribution >= 4 is 0 Å². The predicted molar refractivity (Wildman–Crippen MR) is 71.2 cm³/mol. The molecule has 0 radical (unpaired) electrons.